The quantitative estimate of drug-likeness (QED) is 0.890. The Balaban J connectivity index is 1.95. The lowest BCUT2D eigenvalue weighted by Crippen LogP contribution is -2.25. The fourth-order valence-corrected chi connectivity index (χ4v) is 2.26. The van der Waals surface area contributed by atoms with Gasteiger partial charge in [0, 0.05) is 12.1 Å². The summed E-state index contributed by atoms with van der Waals surface area (Å²) in [6.07, 6.45) is 0.639. The Morgan fingerprint density at radius 2 is 1.83 bits per heavy atom. The molecule has 0 aliphatic carbocycles. The summed E-state index contributed by atoms with van der Waals surface area (Å²) in [5.74, 6) is 0.674. The molecule has 23 heavy (non-hydrogen) atoms. The second-order valence-corrected chi connectivity index (χ2v) is 5.16. The first kappa shape index (κ1) is 16.8. The lowest BCUT2D eigenvalue weighted by Gasteiger charge is -2.10. The van der Waals surface area contributed by atoms with Gasteiger partial charge >= 0.3 is 0 Å². The molecule has 1 N–H and O–H groups in total. The van der Waals surface area contributed by atoms with Gasteiger partial charge in [-0.3, -0.25) is 4.79 Å². The van der Waals surface area contributed by atoms with Gasteiger partial charge < -0.3 is 14.8 Å². The maximum atomic E-state index is 13.2. The van der Waals surface area contributed by atoms with E-state index in [9.17, 15) is 9.18 Å². The number of ether oxygens (including phenoxy) is 2. The van der Waals surface area contributed by atoms with Crippen LogP contribution < -0.4 is 14.8 Å². The molecule has 0 spiro atoms. The molecule has 1 amide bonds. The highest BCUT2D eigenvalue weighted by molar-refractivity contribution is 5.94. The van der Waals surface area contributed by atoms with Crippen molar-refractivity contribution in [3.8, 4) is 11.5 Å². The van der Waals surface area contributed by atoms with Crippen molar-refractivity contribution in [3.05, 3.63) is 58.9 Å². The van der Waals surface area contributed by atoms with Crippen molar-refractivity contribution in [2.75, 3.05) is 20.8 Å². The highest BCUT2D eigenvalue weighted by Gasteiger charge is 2.10. The van der Waals surface area contributed by atoms with Gasteiger partial charge in [0.25, 0.3) is 5.91 Å². The topological polar surface area (TPSA) is 47.6 Å². The number of hydrogen-bond acceptors (Lipinski definition) is 3. The molecule has 2 aromatic carbocycles. The first-order valence-corrected chi connectivity index (χ1v) is 7.30. The molecule has 122 valence electrons. The highest BCUT2D eigenvalue weighted by Crippen LogP contribution is 2.27. The second-order valence-electron chi connectivity index (χ2n) is 5.16. The minimum Gasteiger partial charge on any atom is -0.493 e. The molecule has 5 heteroatoms. The molecule has 0 saturated heterocycles. The summed E-state index contributed by atoms with van der Waals surface area (Å²) in [6, 6.07) is 9.97. The van der Waals surface area contributed by atoms with Crippen LogP contribution in [0.1, 0.15) is 21.5 Å². The Morgan fingerprint density at radius 3 is 2.48 bits per heavy atom. The molecule has 0 unspecified atom stereocenters. The van der Waals surface area contributed by atoms with E-state index in [2.05, 4.69) is 5.32 Å². The van der Waals surface area contributed by atoms with Gasteiger partial charge in [-0.1, -0.05) is 12.1 Å². The number of halogens is 1. The minimum absolute atomic E-state index is 0.190. The van der Waals surface area contributed by atoms with Crippen LogP contribution >= 0.6 is 0 Å². The normalized spacial score (nSPS) is 10.3. The van der Waals surface area contributed by atoms with Gasteiger partial charge in [-0.15, -0.1) is 0 Å². The monoisotopic (exact) mass is 317 g/mol. The number of benzene rings is 2. The number of carbonyl (C=O) groups is 1. The molecule has 0 aliphatic heterocycles. The third-order valence-electron chi connectivity index (χ3n) is 3.57. The van der Waals surface area contributed by atoms with Crippen molar-refractivity contribution in [1.82, 2.24) is 5.32 Å². The molecule has 0 atom stereocenters. The molecule has 0 radical (unpaired) electrons. The van der Waals surface area contributed by atoms with Gasteiger partial charge in [0.15, 0.2) is 11.5 Å². The predicted molar refractivity (Wildman–Crippen MR) is 86.7 cm³/mol. The van der Waals surface area contributed by atoms with Crippen molar-refractivity contribution >= 4 is 5.91 Å². The zero-order valence-corrected chi connectivity index (χ0v) is 13.5. The number of rotatable bonds is 6. The largest absolute Gasteiger partial charge is 0.493 e. The maximum Gasteiger partial charge on any atom is 0.251 e. The standard InChI is InChI=1S/C18H20FNO3/c1-12-10-13(4-6-15(12)19)8-9-20-18(21)14-5-7-16(22-2)17(11-14)23-3/h4-7,10-11H,8-9H2,1-3H3,(H,20,21). The molecule has 0 aromatic heterocycles. The van der Waals surface area contributed by atoms with Crippen LogP contribution in [0.2, 0.25) is 0 Å². The van der Waals surface area contributed by atoms with E-state index >= 15 is 0 Å². The lowest BCUT2D eigenvalue weighted by atomic mass is 10.1. The number of carbonyl (C=O) groups excluding carboxylic acids is 1. The fourth-order valence-electron chi connectivity index (χ4n) is 2.26. The highest BCUT2D eigenvalue weighted by atomic mass is 19.1. The average Bonchev–Trinajstić information content (AvgIpc) is 2.57. The molecule has 0 bridgehead atoms. The first-order chi connectivity index (χ1) is 11.0. The van der Waals surface area contributed by atoms with Gasteiger partial charge in [0.2, 0.25) is 0 Å². The fraction of sp³-hybridized carbons (Fsp3) is 0.278. The van der Waals surface area contributed by atoms with E-state index in [0.717, 1.165) is 5.56 Å². The summed E-state index contributed by atoms with van der Waals surface area (Å²) in [4.78, 5) is 12.2. The van der Waals surface area contributed by atoms with Gasteiger partial charge in [-0.25, -0.2) is 4.39 Å². The predicted octanol–water partition coefficient (Wildman–Crippen LogP) is 3.12. The molecular weight excluding hydrogens is 297 g/mol. The third kappa shape index (κ3) is 4.22. The van der Waals surface area contributed by atoms with Crippen molar-refractivity contribution in [2.24, 2.45) is 0 Å². The Labute approximate surface area is 135 Å². The Bertz CT molecular complexity index is 701. The van der Waals surface area contributed by atoms with Crippen molar-refractivity contribution in [1.29, 1.82) is 0 Å². The van der Waals surface area contributed by atoms with E-state index in [1.807, 2.05) is 0 Å². The van der Waals surface area contributed by atoms with Crippen molar-refractivity contribution in [3.63, 3.8) is 0 Å². The van der Waals surface area contributed by atoms with E-state index in [1.165, 1.54) is 13.2 Å². The third-order valence-corrected chi connectivity index (χ3v) is 3.57. The zero-order valence-electron chi connectivity index (χ0n) is 13.5. The van der Waals surface area contributed by atoms with Crippen LogP contribution in [0, 0.1) is 12.7 Å². The van der Waals surface area contributed by atoms with Crippen LogP contribution in [0.4, 0.5) is 4.39 Å². The van der Waals surface area contributed by atoms with E-state index in [1.54, 1.807) is 44.4 Å². The smallest absolute Gasteiger partial charge is 0.251 e. The first-order valence-electron chi connectivity index (χ1n) is 7.30. The molecule has 2 rings (SSSR count). The minimum atomic E-state index is -0.219. The summed E-state index contributed by atoms with van der Waals surface area (Å²) in [6.45, 7) is 2.19. The maximum absolute atomic E-state index is 13.2. The van der Waals surface area contributed by atoms with Gasteiger partial charge in [-0.05, 0) is 48.7 Å². The summed E-state index contributed by atoms with van der Waals surface area (Å²) < 4.78 is 23.5. The van der Waals surface area contributed by atoms with E-state index in [-0.39, 0.29) is 11.7 Å². The molecule has 0 aliphatic rings. The molecule has 0 fully saturated rings. The van der Waals surface area contributed by atoms with Crippen LogP contribution in [0.3, 0.4) is 0 Å². The number of hydrogen-bond donors (Lipinski definition) is 1. The Morgan fingerprint density at radius 1 is 1.09 bits per heavy atom. The van der Waals surface area contributed by atoms with Gasteiger partial charge in [0.1, 0.15) is 5.82 Å². The summed E-state index contributed by atoms with van der Waals surface area (Å²) in [7, 11) is 3.07. The van der Waals surface area contributed by atoms with E-state index < -0.39 is 0 Å². The Hall–Kier alpha value is -2.56. The van der Waals surface area contributed by atoms with Crippen LogP contribution in [0.15, 0.2) is 36.4 Å². The van der Waals surface area contributed by atoms with E-state index in [0.29, 0.717) is 35.6 Å². The molecule has 4 nitrogen and oxygen atoms in total. The lowest BCUT2D eigenvalue weighted by molar-refractivity contribution is 0.0953. The van der Waals surface area contributed by atoms with Crippen LogP contribution in [-0.4, -0.2) is 26.7 Å². The second kappa shape index (κ2) is 7.63. The number of aryl methyl sites for hydroxylation is 1. The van der Waals surface area contributed by atoms with E-state index in [4.69, 9.17) is 9.47 Å². The van der Waals surface area contributed by atoms with Gasteiger partial charge in [0.05, 0.1) is 14.2 Å². The Kier molecular flexibility index (Phi) is 5.57. The molecule has 2 aromatic rings. The van der Waals surface area contributed by atoms with Crippen LogP contribution in [0.5, 0.6) is 11.5 Å². The number of nitrogens with one attached hydrogen (secondary N) is 1. The summed E-state index contributed by atoms with van der Waals surface area (Å²) in [5, 5.41) is 2.84. The SMILES string of the molecule is COc1ccc(C(=O)NCCc2ccc(F)c(C)c2)cc1OC. The van der Waals surface area contributed by atoms with Gasteiger partial charge in [-0.2, -0.15) is 0 Å². The van der Waals surface area contributed by atoms with Crippen LogP contribution in [0.25, 0.3) is 0 Å². The van der Waals surface area contributed by atoms with Crippen molar-refractivity contribution < 1.29 is 18.7 Å². The zero-order chi connectivity index (χ0) is 16.8. The molecular formula is C18H20FNO3. The molecule has 0 heterocycles. The number of methoxy groups -OCH3 is 2. The summed E-state index contributed by atoms with van der Waals surface area (Å²) in [5.41, 5.74) is 2.09. The number of amides is 1. The summed E-state index contributed by atoms with van der Waals surface area (Å²) >= 11 is 0. The molecule has 0 saturated carbocycles. The van der Waals surface area contributed by atoms with Crippen molar-refractivity contribution in [2.45, 2.75) is 13.3 Å². The van der Waals surface area contributed by atoms with Crippen LogP contribution in [-0.2, 0) is 6.42 Å². The average molecular weight is 317 g/mol.